The van der Waals surface area contributed by atoms with Gasteiger partial charge in [0.2, 0.25) is 0 Å². The first-order valence-electron chi connectivity index (χ1n) is 5.06. The summed E-state index contributed by atoms with van der Waals surface area (Å²) in [5.41, 5.74) is 0. The van der Waals surface area contributed by atoms with Gasteiger partial charge in [-0.15, -0.1) is 0 Å². The Hall–Kier alpha value is -1.54. The molecule has 0 heterocycles. The van der Waals surface area contributed by atoms with E-state index in [1.807, 2.05) is 18.2 Å². The SMILES string of the molecule is Oc1cc(Br)c2ccc3ccccc3c2c1. The van der Waals surface area contributed by atoms with Gasteiger partial charge in [-0.2, -0.15) is 0 Å². The third-order valence-electron chi connectivity index (χ3n) is 2.79. The van der Waals surface area contributed by atoms with Crippen LogP contribution in [0.5, 0.6) is 5.75 Å². The number of phenolic OH excluding ortho intramolecular Hbond substituents is 1. The number of halogens is 1. The van der Waals surface area contributed by atoms with Crippen LogP contribution in [0.2, 0.25) is 0 Å². The summed E-state index contributed by atoms with van der Waals surface area (Å²) in [6.07, 6.45) is 0. The lowest BCUT2D eigenvalue weighted by molar-refractivity contribution is 0.476. The van der Waals surface area contributed by atoms with Crippen molar-refractivity contribution in [2.24, 2.45) is 0 Å². The van der Waals surface area contributed by atoms with E-state index < -0.39 is 0 Å². The molecular weight excluding hydrogens is 264 g/mol. The van der Waals surface area contributed by atoms with Gasteiger partial charge < -0.3 is 5.11 Å². The lowest BCUT2D eigenvalue weighted by Crippen LogP contribution is -1.79. The molecule has 0 saturated carbocycles. The Morgan fingerprint density at radius 2 is 1.62 bits per heavy atom. The van der Waals surface area contributed by atoms with Gasteiger partial charge in [-0.05, 0) is 33.7 Å². The molecule has 0 aromatic heterocycles. The normalized spacial score (nSPS) is 11.1. The first-order chi connectivity index (χ1) is 7.75. The zero-order valence-electron chi connectivity index (χ0n) is 8.44. The molecule has 0 radical (unpaired) electrons. The maximum absolute atomic E-state index is 9.64. The second kappa shape index (κ2) is 3.49. The van der Waals surface area contributed by atoms with E-state index in [4.69, 9.17) is 0 Å². The van der Waals surface area contributed by atoms with Gasteiger partial charge >= 0.3 is 0 Å². The monoisotopic (exact) mass is 272 g/mol. The van der Waals surface area contributed by atoms with Gasteiger partial charge in [0.1, 0.15) is 5.75 Å². The average molecular weight is 273 g/mol. The number of hydrogen-bond acceptors (Lipinski definition) is 1. The van der Waals surface area contributed by atoms with E-state index in [1.54, 1.807) is 6.07 Å². The molecule has 0 aliphatic heterocycles. The molecule has 0 atom stereocenters. The van der Waals surface area contributed by atoms with Crippen LogP contribution in [0.4, 0.5) is 0 Å². The maximum atomic E-state index is 9.64. The summed E-state index contributed by atoms with van der Waals surface area (Å²) >= 11 is 3.47. The van der Waals surface area contributed by atoms with Crippen LogP contribution in [-0.4, -0.2) is 5.11 Å². The summed E-state index contributed by atoms with van der Waals surface area (Å²) in [7, 11) is 0. The first-order valence-corrected chi connectivity index (χ1v) is 5.85. The fourth-order valence-electron chi connectivity index (χ4n) is 2.06. The Morgan fingerprint density at radius 1 is 0.812 bits per heavy atom. The molecule has 0 aliphatic carbocycles. The smallest absolute Gasteiger partial charge is 0.117 e. The highest BCUT2D eigenvalue weighted by molar-refractivity contribution is 9.10. The van der Waals surface area contributed by atoms with Gasteiger partial charge in [0, 0.05) is 4.47 Å². The highest BCUT2D eigenvalue weighted by atomic mass is 79.9. The van der Waals surface area contributed by atoms with Crippen LogP contribution in [-0.2, 0) is 0 Å². The largest absolute Gasteiger partial charge is 0.508 e. The lowest BCUT2D eigenvalue weighted by atomic mass is 10.0. The van der Waals surface area contributed by atoms with Crippen molar-refractivity contribution in [1.29, 1.82) is 0 Å². The van der Waals surface area contributed by atoms with Crippen LogP contribution in [0, 0.1) is 0 Å². The van der Waals surface area contributed by atoms with Crippen molar-refractivity contribution >= 4 is 37.5 Å². The topological polar surface area (TPSA) is 20.2 Å². The van der Waals surface area contributed by atoms with Crippen molar-refractivity contribution < 1.29 is 5.11 Å². The van der Waals surface area contributed by atoms with Crippen molar-refractivity contribution in [1.82, 2.24) is 0 Å². The molecule has 0 aliphatic rings. The van der Waals surface area contributed by atoms with E-state index in [0.29, 0.717) is 0 Å². The molecule has 1 nitrogen and oxygen atoms in total. The Bertz CT molecular complexity index is 689. The highest BCUT2D eigenvalue weighted by Crippen LogP contribution is 2.33. The number of phenols is 1. The Labute approximate surface area is 101 Å². The van der Waals surface area contributed by atoms with Crippen molar-refractivity contribution in [2.75, 3.05) is 0 Å². The minimum atomic E-state index is 0.288. The van der Waals surface area contributed by atoms with Gasteiger partial charge in [-0.25, -0.2) is 0 Å². The first kappa shape index (κ1) is 9.67. The van der Waals surface area contributed by atoms with E-state index in [0.717, 1.165) is 20.6 Å². The summed E-state index contributed by atoms with van der Waals surface area (Å²) in [6, 6.07) is 15.9. The molecule has 2 heteroatoms. The van der Waals surface area contributed by atoms with Crippen LogP contribution in [0.25, 0.3) is 21.5 Å². The number of benzene rings is 3. The van der Waals surface area contributed by atoms with Crippen LogP contribution in [0.1, 0.15) is 0 Å². The van der Waals surface area contributed by atoms with E-state index in [2.05, 4.69) is 40.2 Å². The predicted molar refractivity (Wildman–Crippen MR) is 70.8 cm³/mol. The van der Waals surface area contributed by atoms with E-state index in [1.165, 1.54) is 5.39 Å². The molecule has 3 aromatic carbocycles. The number of fused-ring (bicyclic) bond motifs is 3. The maximum Gasteiger partial charge on any atom is 0.117 e. The Morgan fingerprint density at radius 3 is 2.50 bits per heavy atom. The second-order valence-corrected chi connectivity index (χ2v) is 4.66. The predicted octanol–water partition coefficient (Wildman–Crippen LogP) is 4.46. The fraction of sp³-hybridized carbons (Fsp3) is 0. The number of hydrogen-bond donors (Lipinski definition) is 1. The lowest BCUT2D eigenvalue weighted by Gasteiger charge is -2.06. The standard InChI is InChI=1S/C14H9BrO/c15-14-8-10(16)7-13-11-4-2-1-3-9(11)5-6-12(13)14/h1-8,16H. The molecule has 16 heavy (non-hydrogen) atoms. The molecule has 0 amide bonds. The van der Waals surface area contributed by atoms with Crippen molar-refractivity contribution in [3.63, 3.8) is 0 Å². The zero-order valence-corrected chi connectivity index (χ0v) is 10.0. The van der Waals surface area contributed by atoms with Crippen LogP contribution in [0.15, 0.2) is 53.0 Å². The van der Waals surface area contributed by atoms with E-state index in [-0.39, 0.29) is 5.75 Å². The van der Waals surface area contributed by atoms with E-state index >= 15 is 0 Å². The molecule has 0 saturated heterocycles. The average Bonchev–Trinajstić information content (AvgIpc) is 2.28. The van der Waals surface area contributed by atoms with E-state index in [9.17, 15) is 5.11 Å². The molecule has 0 spiro atoms. The minimum absolute atomic E-state index is 0.288. The van der Waals surface area contributed by atoms with Gasteiger partial charge in [0.15, 0.2) is 0 Å². The Balaban J connectivity index is 2.59. The van der Waals surface area contributed by atoms with Crippen LogP contribution < -0.4 is 0 Å². The summed E-state index contributed by atoms with van der Waals surface area (Å²) in [4.78, 5) is 0. The molecule has 0 fully saturated rings. The summed E-state index contributed by atoms with van der Waals surface area (Å²) in [5.74, 6) is 0.288. The van der Waals surface area contributed by atoms with Crippen LogP contribution in [0.3, 0.4) is 0 Å². The summed E-state index contributed by atoms with van der Waals surface area (Å²) < 4.78 is 0.924. The molecule has 0 bridgehead atoms. The molecule has 78 valence electrons. The third kappa shape index (κ3) is 1.38. The zero-order chi connectivity index (χ0) is 11.1. The van der Waals surface area contributed by atoms with Crippen molar-refractivity contribution in [2.45, 2.75) is 0 Å². The molecular formula is C14H9BrO. The minimum Gasteiger partial charge on any atom is -0.508 e. The van der Waals surface area contributed by atoms with Crippen LogP contribution >= 0.6 is 15.9 Å². The van der Waals surface area contributed by atoms with Crippen molar-refractivity contribution in [3.8, 4) is 5.75 Å². The van der Waals surface area contributed by atoms with Crippen molar-refractivity contribution in [3.05, 3.63) is 53.0 Å². The fourth-order valence-corrected chi connectivity index (χ4v) is 2.64. The number of rotatable bonds is 0. The molecule has 3 rings (SSSR count). The summed E-state index contributed by atoms with van der Waals surface area (Å²) in [6.45, 7) is 0. The third-order valence-corrected chi connectivity index (χ3v) is 3.45. The van der Waals surface area contributed by atoms with Gasteiger partial charge in [-0.3, -0.25) is 0 Å². The van der Waals surface area contributed by atoms with Gasteiger partial charge in [0.05, 0.1) is 0 Å². The molecule has 0 unspecified atom stereocenters. The molecule has 3 aromatic rings. The molecule has 1 N–H and O–H groups in total. The highest BCUT2D eigenvalue weighted by Gasteiger charge is 2.04. The van der Waals surface area contributed by atoms with Gasteiger partial charge in [-0.1, -0.05) is 52.3 Å². The summed E-state index contributed by atoms with van der Waals surface area (Å²) in [5, 5.41) is 14.2. The second-order valence-electron chi connectivity index (χ2n) is 3.81. The Kier molecular flexibility index (Phi) is 2.11. The quantitative estimate of drug-likeness (QED) is 0.599. The van der Waals surface area contributed by atoms with Gasteiger partial charge in [0.25, 0.3) is 0 Å². The number of aromatic hydroxyl groups is 1.